The van der Waals surface area contributed by atoms with Gasteiger partial charge in [0.25, 0.3) is 0 Å². The molecule has 0 aromatic carbocycles. The molecule has 2 N–H and O–H groups in total. The molecule has 0 aliphatic heterocycles. The highest BCUT2D eigenvalue weighted by Gasteiger charge is 2.18. The van der Waals surface area contributed by atoms with E-state index >= 15 is 0 Å². The van der Waals surface area contributed by atoms with Crippen LogP contribution in [-0.4, -0.2) is 81.2 Å². The molecule has 15 nitrogen and oxygen atoms in total. The van der Waals surface area contributed by atoms with Crippen LogP contribution in [0.5, 0.6) is 0 Å². The first-order chi connectivity index (χ1) is 15.5. The van der Waals surface area contributed by atoms with E-state index in [9.17, 15) is 8.42 Å². The van der Waals surface area contributed by atoms with Crippen LogP contribution in [0.4, 0.5) is 0 Å². The third-order valence-corrected chi connectivity index (χ3v) is 4.90. The summed E-state index contributed by atoms with van der Waals surface area (Å²) >= 11 is 0. The third-order valence-electron chi connectivity index (χ3n) is 4.44. The Kier molecular flexibility index (Phi) is 7.85. The summed E-state index contributed by atoms with van der Waals surface area (Å²) in [6.45, 7) is 7.55. The van der Waals surface area contributed by atoms with Gasteiger partial charge in [-0.3, -0.25) is 9.45 Å². The van der Waals surface area contributed by atoms with Crippen LogP contribution >= 0.6 is 0 Å². The molecule has 3 heterocycles. The molecule has 182 valence electrons. The van der Waals surface area contributed by atoms with Crippen molar-refractivity contribution in [2.75, 3.05) is 13.2 Å². The molecule has 0 atom stereocenters. The van der Waals surface area contributed by atoms with Crippen LogP contribution < -0.4 is 0 Å². The van der Waals surface area contributed by atoms with Crippen molar-refractivity contribution in [2.24, 2.45) is 0 Å². The van der Waals surface area contributed by atoms with E-state index in [4.69, 9.17) is 9.66 Å². The van der Waals surface area contributed by atoms with E-state index in [1.54, 1.807) is 21.8 Å². The second-order valence-corrected chi connectivity index (χ2v) is 9.48. The summed E-state index contributed by atoms with van der Waals surface area (Å²) in [6.07, 6.45) is 5.31. The second-order valence-electron chi connectivity index (χ2n) is 8.39. The number of hydrogen-bond donors (Lipinski definition) is 2. The molecule has 3 aromatic rings. The SMILES string of the molecule is CC(C)(C)n1cc(CN(Cc2cn(CCO)nn2)Cc2cn(CCOS(=O)(=O)O)nn2)nn1. The van der Waals surface area contributed by atoms with E-state index < -0.39 is 10.4 Å². The van der Waals surface area contributed by atoms with Gasteiger partial charge in [0.05, 0.1) is 55.1 Å². The number of nitrogens with zero attached hydrogens (tertiary/aromatic N) is 10. The summed E-state index contributed by atoms with van der Waals surface area (Å²) in [5, 5.41) is 33.8. The molecule has 16 heteroatoms. The first-order valence-electron chi connectivity index (χ1n) is 10.2. The van der Waals surface area contributed by atoms with Gasteiger partial charge in [0.1, 0.15) is 0 Å². The van der Waals surface area contributed by atoms with Crippen LogP contribution in [0.2, 0.25) is 0 Å². The lowest BCUT2D eigenvalue weighted by atomic mass is 10.1. The second kappa shape index (κ2) is 10.4. The Balaban J connectivity index is 1.70. The first kappa shape index (κ1) is 24.8. The van der Waals surface area contributed by atoms with Crippen molar-refractivity contribution in [3.05, 3.63) is 35.7 Å². The largest absolute Gasteiger partial charge is 0.397 e. The van der Waals surface area contributed by atoms with Gasteiger partial charge in [-0.1, -0.05) is 15.6 Å². The molecular formula is C17H28N10O5S. The normalized spacial score (nSPS) is 12.7. The van der Waals surface area contributed by atoms with Crippen LogP contribution in [-0.2, 0) is 52.8 Å². The van der Waals surface area contributed by atoms with Crippen molar-refractivity contribution >= 4 is 10.4 Å². The average molecular weight is 485 g/mol. The molecule has 0 spiro atoms. The van der Waals surface area contributed by atoms with Gasteiger partial charge in [0.2, 0.25) is 0 Å². The molecule has 0 aliphatic carbocycles. The van der Waals surface area contributed by atoms with Crippen LogP contribution in [0, 0.1) is 0 Å². The quantitative estimate of drug-likeness (QED) is 0.307. The summed E-state index contributed by atoms with van der Waals surface area (Å²) in [5.41, 5.74) is 1.91. The molecule has 0 amide bonds. The molecule has 0 unspecified atom stereocenters. The van der Waals surface area contributed by atoms with Crippen molar-refractivity contribution in [1.29, 1.82) is 0 Å². The van der Waals surface area contributed by atoms with Gasteiger partial charge < -0.3 is 5.11 Å². The lowest BCUT2D eigenvalue weighted by Gasteiger charge is -2.19. The topological polar surface area (TPSA) is 179 Å². The van der Waals surface area contributed by atoms with Crippen molar-refractivity contribution in [1.82, 2.24) is 49.9 Å². The maximum Gasteiger partial charge on any atom is 0.397 e. The zero-order valence-corrected chi connectivity index (χ0v) is 19.5. The van der Waals surface area contributed by atoms with Crippen molar-refractivity contribution in [3.63, 3.8) is 0 Å². The summed E-state index contributed by atoms with van der Waals surface area (Å²) in [6, 6.07) is 0. The Morgan fingerprint density at radius 2 is 1.42 bits per heavy atom. The molecule has 0 fully saturated rings. The van der Waals surface area contributed by atoms with E-state index in [2.05, 4.69) is 35.1 Å². The van der Waals surface area contributed by atoms with Gasteiger partial charge in [-0.15, -0.1) is 15.3 Å². The molecule has 0 radical (unpaired) electrons. The Hall–Kier alpha value is -2.79. The number of aliphatic hydroxyl groups is 1. The molecule has 0 bridgehead atoms. The number of hydrogen-bond acceptors (Lipinski definition) is 11. The number of rotatable bonds is 12. The van der Waals surface area contributed by atoms with E-state index in [1.165, 1.54) is 4.68 Å². The monoisotopic (exact) mass is 484 g/mol. The fourth-order valence-electron chi connectivity index (χ4n) is 2.93. The fraction of sp³-hybridized carbons (Fsp3) is 0.647. The van der Waals surface area contributed by atoms with Crippen LogP contribution in [0.25, 0.3) is 0 Å². The molecule has 33 heavy (non-hydrogen) atoms. The Morgan fingerprint density at radius 3 is 1.91 bits per heavy atom. The minimum absolute atomic E-state index is 0.0349. The van der Waals surface area contributed by atoms with Gasteiger partial charge in [-0.05, 0) is 20.8 Å². The molecular weight excluding hydrogens is 456 g/mol. The van der Waals surface area contributed by atoms with Crippen LogP contribution in [0.15, 0.2) is 18.6 Å². The van der Waals surface area contributed by atoms with E-state index in [-0.39, 0.29) is 25.3 Å². The highest BCUT2D eigenvalue weighted by atomic mass is 32.3. The predicted molar refractivity (Wildman–Crippen MR) is 113 cm³/mol. The van der Waals surface area contributed by atoms with E-state index in [0.717, 1.165) is 5.69 Å². The van der Waals surface area contributed by atoms with Gasteiger partial charge >= 0.3 is 10.4 Å². The predicted octanol–water partition coefficient (Wildman–Crippen LogP) is -0.770. The average Bonchev–Trinajstić information content (AvgIpc) is 3.43. The summed E-state index contributed by atoms with van der Waals surface area (Å²) in [4.78, 5) is 2.04. The maximum absolute atomic E-state index is 10.7. The molecule has 0 saturated carbocycles. The minimum Gasteiger partial charge on any atom is -0.394 e. The zero-order valence-electron chi connectivity index (χ0n) is 18.7. The summed E-state index contributed by atoms with van der Waals surface area (Å²) < 4.78 is 39.1. The standard InChI is InChI=1S/C17H28N10O5S/c1-17(2,3)27-13-16(20-23-27)10-24(8-14-11-25(4-6-28)21-18-14)9-15-12-26(22-19-15)5-7-32-33(29,30)31/h11-13,28H,4-10H2,1-3H3,(H,29,30,31). The summed E-state index contributed by atoms with van der Waals surface area (Å²) in [7, 11) is -4.50. The fourth-order valence-corrected chi connectivity index (χ4v) is 3.22. The van der Waals surface area contributed by atoms with E-state index in [1.807, 2.05) is 31.9 Å². The highest BCUT2D eigenvalue weighted by Crippen LogP contribution is 2.15. The lowest BCUT2D eigenvalue weighted by molar-refractivity contribution is 0.238. The first-order valence-corrected chi connectivity index (χ1v) is 11.5. The molecule has 0 saturated heterocycles. The van der Waals surface area contributed by atoms with Gasteiger partial charge in [-0.25, -0.2) is 18.2 Å². The summed E-state index contributed by atoms with van der Waals surface area (Å²) in [5.74, 6) is 0. The lowest BCUT2D eigenvalue weighted by Crippen LogP contribution is -2.24. The minimum atomic E-state index is -4.50. The Bertz CT molecular complexity index is 1130. The van der Waals surface area contributed by atoms with Gasteiger partial charge in [0, 0.05) is 32.0 Å². The highest BCUT2D eigenvalue weighted by molar-refractivity contribution is 7.80. The van der Waals surface area contributed by atoms with Crippen LogP contribution in [0.1, 0.15) is 37.9 Å². The maximum atomic E-state index is 10.7. The van der Waals surface area contributed by atoms with Gasteiger partial charge in [0.15, 0.2) is 0 Å². The Labute approximate surface area is 190 Å². The number of aliphatic hydroxyl groups excluding tert-OH is 1. The van der Waals surface area contributed by atoms with E-state index in [0.29, 0.717) is 37.6 Å². The van der Waals surface area contributed by atoms with Crippen molar-refractivity contribution < 1.29 is 22.3 Å². The van der Waals surface area contributed by atoms with Crippen molar-refractivity contribution in [2.45, 2.75) is 59.0 Å². The molecule has 0 aliphatic rings. The molecule has 3 rings (SSSR count). The van der Waals surface area contributed by atoms with Gasteiger partial charge in [-0.2, -0.15) is 8.42 Å². The van der Waals surface area contributed by atoms with Crippen molar-refractivity contribution in [3.8, 4) is 0 Å². The number of aromatic nitrogens is 9. The zero-order chi connectivity index (χ0) is 24.1. The van der Waals surface area contributed by atoms with Crippen LogP contribution in [0.3, 0.4) is 0 Å². The smallest absolute Gasteiger partial charge is 0.394 e. The molecule has 3 aromatic heterocycles. The Morgan fingerprint density at radius 1 is 0.909 bits per heavy atom. The third kappa shape index (κ3) is 7.93.